The first kappa shape index (κ1) is 35.9. The third-order valence-corrected chi connectivity index (χ3v) is 9.71. The Kier molecular flexibility index (Phi) is 10.5. The minimum Gasteiger partial charge on any atom is -0.508 e. The largest absolute Gasteiger partial charge is 0.508 e. The van der Waals surface area contributed by atoms with Crippen molar-refractivity contribution in [3.05, 3.63) is 175 Å². The van der Waals surface area contributed by atoms with Crippen LogP contribution in [0.2, 0.25) is 0 Å². The molecule has 5 N–H and O–H groups in total. The Bertz CT molecular complexity index is 2120. The zero-order valence-corrected chi connectivity index (χ0v) is 30.4. The van der Waals surface area contributed by atoms with Gasteiger partial charge in [0, 0.05) is 25.7 Å². The van der Waals surface area contributed by atoms with Crippen LogP contribution in [0.25, 0.3) is 0 Å². The van der Waals surface area contributed by atoms with Crippen molar-refractivity contribution in [2.45, 2.75) is 59.8 Å². The van der Waals surface area contributed by atoms with Crippen molar-refractivity contribution in [2.24, 2.45) is 0 Å². The van der Waals surface area contributed by atoms with Gasteiger partial charge >= 0.3 is 0 Å². The second kappa shape index (κ2) is 15.2. The van der Waals surface area contributed by atoms with E-state index in [9.17, 15) is 25.5 Å². The van der Waals surface area contributed by atoms with E-state index in [4.69, 9.17) is 4.74 Å². The van der Waals surface area contributed by atoms with Crippen molar-refractivity contribution in [3.63, 3.8) is 0 Å². The Morgan fingerprint density at radius 1 is 0.365 bits per heavy atom. The molecule has 0 aliphatic heterocycles. The molecule has 0 saturated carbocycles. The van der Waals surface area contributed by atoms with Gasteiger partial charge in [0.1, 0.15) is 34.5 Å². The van der Waals surface area contributed by atoms with Gasteiger partial charge in [0.05, 0.1) is 7.11 Å². The van der Waals surface area contributed by atoms with Crippen LogP contribution in [0.3, 0.4) is 0 Å². The normalized spacial score (nSPS) is 11.2. The first-order chi connectivity index (χ1) is 24.9. The number of benzene rings is 6. The molecule has 0 aliphatic carbocycles. The molecule has 0 amide bonds. The molecule has 0 fully saturated rings. The number of phenols is 5. The molecule has 266 valence electrons. The fourth-order valence-corrected chi connectivity index (χ4v) is 7.14. The molecule has 6 aromatic rings. The van der Waals surface area contributed by atoms with Crippen molar-refractivity contribution < 1.29 is 30.3 Å². The lowest BCUT2D eigenvalue weighted by Gasteiger charge is -2.19. The number of ether oxygens (including phenoxy) is 1. The van der Waals surface area contributed by atoms with Crippen molar-refractivity contribution in [1.82, 2.24) is 0 Å². The van der Waals surface area contributed by atoms with Gasteiger partial charge in [-0.2, -0.15) is 0 Å². The third-order valence-electron chi connectivity index (χ3n) is 9.71. The molecule has 0 saturated heterocycles. The second-order valence-corrected chi connectivity index (χ2v) is 14.1. The lowest BCUT2D eigenvalue weighted by atomic mass is 9.89. The summed E-state index contributed by atoms with van der Waals surface area (Å²) in [5, 5.41) is 54.7. The molecular formula is C46H46O6. The van der Waals surface area contributed by atoms with Crippen LogP contribution >= 0.6 is 0 Å². The second-order valence-electron chi connectivity index (χ2n) is 14.1. The van der Waals surface area contributed by atoms with E-state index in [0.29, 0.717) is 60.1 Å². The molecule has 6 rings (SSSR count). The van der Waals surface area contributed by atoms with Crippen LogP contribution in [-0.2, 0) is 32.1 Å². The molecule has 6 nitrogen and oxygen atoms in total. The minimum atomic E-state index is 0.131. The summed E-state index contributed by atoms with van der Waals surface area (Å²) in [4.78, 5) is 0. The van der Waals surface area contributed by atoms with Gasteiger partial charge in [-0.05, 0) is 114 Å². The van der Waals surface area contributed by atoms with E-state index in [2.05, 4.69) is 12.1 Å². The fourth-order valence-electron chi connectivity index (χ4n) is 7.14. The Labute approximate surface area is 305 Å². The number of hydrogen-bond donors (Lipinski definition) is 5. The lowest BCUT2D eigenvalue weighted by Crippen LogP contribution is -2.04. The number of phenolic OH excluding ortho intramolecular Hbond substituents is 5. The molecule has 0 aromatic heterocycles. The third kappa shape index (κ3) is 8.18. The average molecular weight is 695 g/mol. The summed E-state index contributed by atoms with van der Waals surface area (Å²) in [5.41, 5.74) is 12.1. The zero-order chi connectivity index (χ0) is 37.1. The lowest BCUT2D eigenvalue weighted by molar-refractivity contribution is 0.405. The van der Waals surface area contributed by atoms with E-state index in [1.165, 1.54) is 0 Å². The number of aromatic hydroxyl groups is 5. The number of aryl methyl sites for hydroxylation is 4. The number of methoxy groups -OCH3 is 1. The molecule has 6 aromatic carbocycles. The van der Waals surface area contributed by atoms with Crippen molar-refractivity contribution in [2.75, 3.05) is 7.11 Å². The van der Waals surface area contributed by atoms with E-state index >= 15 is 0 Å². The average Bonchev–Trinajstić information content (AvgIpc) is 3.09. The number of hydrogen-bond acceptors (Lipinski definition) is 6. The van der Waals surface area contributed by atoms with Gasteiger partial charge in [0.2, 0.25) is 0 Å². The molecule has 0 heterocycles. The van der Waals surface area contributed by atoms with Crippen LogP contribution in [0.4, 0.5) is 0 Å². The molecule has 0 aliphatic rings. The maximum atomic E-state index is 11.7. The van der Waals surface area contributed by atoms with Gasteiger partial charge in [-0.15, -0.1) is 0 Å². The Hall–Kier alpha value is -5.88. The van der Waals surface area contributed by atoms with Gasteiger partial charge in [-0.3, -0.25) is 0 Å². The summed E-state index contributed by atoms with van der Waals surface area (Å²) >= 11 is 0. The predicted octanol–water partition coefficient (Wildman–Crippen LogP) is 9.41. The van der Waals surface area contributed by atoms with Gasteiger partial charge in [-0.25, -0.2) is 0 Å². The molecular weight excluding hydrogens is 649 g/mol. The van der Waals surface area contributed by atoms with Crippen molar-refractivity contribution >= 4 is 0 Å². The smallest absolute Gasteiger partial charge is 0.125 e. The first-order valence-electron chi connectivity index (χ1n) is 17.5. The minimum absolute atomic E-state index is 0.131. The van der Waals surface area contributed by atoms with Crippen LogP contribution in [0, 0.1) is 27.7 Å². The van der Waals surface area contributed by atoms with Crippen molar-refractivity contribution in [1.29, 1.82) is 0 Å². The molecule has 0 radical (unpaired) electrons. The molecule has 52 heavy (non-hydrogen) atoms. The Morgan fingerprint density at radius 3 is 0.962 bits per heavy atom. The van der Waals surface area contributed by atoms with E-state index in [-0.39, 0.29) is 28.7 Å². The van der Waals surface area contributed by atoms with E-state index in [1.54, 1.807) is 31.4 Å². The highest BCUT2D eigenvalue weighted by molar-refractivity contribution is 5.55. The van der Waals surface area contributed by atoms with E-state index in [0.717, 1.165) is 55.6 Å². The summed E-state index contributed by atoms with van der Waals surface area (Å²) in [5.74, 6) is 1.58. The van der Waals surface area contributed by atoms with Crippen LogP contribution in [0.5, 0.6) is 34.5 Å². The van der Waals surface area contributed by atoms with Crippen LogP contribution in [0.15, 0.2) is 97.1 Å². The summed E-state index contributed by atoms with van der Waals surface area (Å²) in [6.07, 6.45) is 2.01. The van der Waals surface area contributed by atoms with Crippen molar-refractivity contribution in [3.8, 4) is 34.5 Å². The Morgan fingerprint density at radius 2 is 0.654 bits per heavy atom. The predicted molar refractivity (Wildman–Crippen MR) is 207 cm³/mol. The quantitative estimate of drug-likeness (QED) is 0.0925. The molecule has 0 unspecified atom stereocenters. The standard InChI is InChI=1S/C46H46O6/c1-27-6-10-41(47)33(14-27)23-37-19-31(20-38(45(37)51)24-34-15-28(2)7-11-42(34)48)18-32-21-39(25-35-16-29(3)8-12-43(35)49)46(52-5)40(22-32)26-36-17-30(4)9-13-44(36)50/h6-17,19-22,47-51H,18,23-26H2,1-5H3. The number of rotatable bonds is 11. The molecule has 0 bridgehead atoms. The van der Waals surface area contributed by atoms with Crippen LogP contribution in [0.1, 0.15) is 77.9 Å². The fraction of sp³-hybridized carbons (Fsp3) is 0.217. The highest BCUT2D eigenvalue weighted by Gasteiger charge is 2.19. The molecule has 6 heteroatoms. The van der Waals surface area contributed by atoms with Gasteiger partial charge in [0.25, 0.3) is 0 Å². The van der Waals surface area contributed by atoms with E-state index in [1.807, 2.05) is 88.4 Å². The molecule has 0 spiro atoms. The maximum Gasteiger partial charge on any atom is 0.125 e. The molecule has 0 atom stereocenters. The van der Waals surface area contributed by atoms with Crippen LogP contribution in [-0.4, -0.2) is 32.6 Å². The Balaban J connectivity index is 1.48. The van der Waals surface area contributed by atoms with Crippen LogP contribution < -0.4 is 4.74 Å². The van der Waals surface area contributed by atoms with Gasteiger partial charge in [-0.1, -0.05) is 95.1 Å². The van der Waals surface area contributed by atoms with E-state index < -0.39 is 0 Å². The summed E-state index contributed by atoms with van der Waals surface area (Å²) in [6, 6.07) is 30.2. The monoisotopic (exact) mass is 694 g/mol. The maximum absolute atomic E-state index is 11.7. The summed E-state index contributed by atoms with van der Waals surface area (Å²) < 4.78 is 6.05. The summed E-state index contributed by atoms with van der Waals surface area (Å²) in [7, 11) is 1.65. The highest BCUT2D eigenvalue weighted by Crippen LogP contribution is 2.37. The topological polar surface area (TPSA) is 110 Å². The van der Waals surface area contributed by atoms with Gasteiger partial charge < -0.3 is 30.3 Å². The zero-order valence-electron chi connectivity index (χ0n) is 30.4. The summed E-state index contributed by atoms with van der Waals surface area (Å²) in [6.45, 7) is 7.93. The first-order valence-corrected chi connectivity index (χ1v) is 17.5. The SMILES string of the molecule is COc1c(Cc2cc(C)ccc2O)cc(Cc2cc(Cc3cc(C)ccc3O)c(O)c(Cc3cc(C)ccc3O)c2)cc1Cc1cc(C)ccc1O. The highest BCUT2D eigenvalue weighted by atomic mass is 16.5. The van der Waals surface area contributed by atoms with Gasteiger partial charge in [0.15, 0.2) is 0 Å².